The molecule has 80 valence electrons. The van der Waals surface area contributed by atoms with E-state index in [-0.39, 0.29) is 0 Å². The molecule has 0 aromatic carbocycles. The molecule has 0 radical (unpaired) electrons. The van der Waals surface area contributed by atoms with Crippen LogP contribution in [0.1, 0.15) is 12.8 Å². The van der Waals surface area contributed by atoms with Gasteiger partial charge in [0.05, 0.1) is 13.2 Å². The summed E-state index contributed by atoms with van der Waals surface area (Å²) < 4.78 is 15.3. The fourth-order valence-corrected chi connectivity index (χ4v) is 1.04. The molecule has 0 aliphatic carbocycles. The van der Waals surface area contributed by atoms with Gasteiger partial charge in [-0.15, -0.1) is 0 Å². The van der Waals surface area contributed by atoms with Crippen molar-refractivity contribution in [2.75, 3.05) is 37.5 Å². The van der Waals surface area contributed by atoms with Crippen LogP contribution < -0.4 is 0 Å². The SMILES string of the molecule is BrCCCOCOCOCCCBr. The Morgan fingerprint density at radius 1 is 0.692 bits per heavy atom. The number of hydrogen-bond donors (Lipinski definition) is 0. The van der Waals surface area contributed by atoms with Crippen molar-refractivity contribution in [2.45, 2.75) is 12.8 Å². The van der Waals surface area contributed by atoms with Gasteiger partial charge in [0.25, 0.3) is 0 Å². The van der Waals surface area contributed by atoms with Crippen molar-refractivity contribution >= 4 is 31.9 Å². The molecule has 0 aliphatic rings. The first-order valence-corrected chi connectivity index (χ1v) is 6.51. The van der Waals surface area contributed by atoms with Crippen LogP contribution in [0.25, 0.3) is 0 Å². The Morgan fingerprint density at radius 2 is 1.15 bits per heavy atom. The molecule has 0 fully saturated rings. The van der Waals surface area contributed by atoms with Crippen LogP contribution in [0.15, 0.2) is 0 Å². The van der Waals surface area contributed by atoms with Gasteiger partial charge in [0.1, 0.15) is 13.6 Å². The summed E-state index contributed by atoms with van der Waals surface area (Å²) in [4.78, 5) is 0. The first kappa shape index (κ1) is 13.8. The van der Waals surface area contributed by atoms with E-state index in [0.717, 1.165) is 36.7 Å². The van der Waals surface area contributed by atoms with E-state index in [1.807, 2.05) is 0 Å². The van der Waals surface area contributed by atoms with Crippen LogP contribution in [0.2, 0.25) is 0 Å². The summed E-state index contributed by atoms with van der Waals surface area (Å²) in [5, 5.41) is 1.93. The van der Waals surface area contributed by atoms with E-state index in [2.05, 4.69) is 31.9 Å². The Labute approximate surface area is 96.4 Å². The summed E-state index contributed by atoms with van der Waals surface area (Å²) in [6, 6.07) is 0. The molecule has 0 heterocycles. The predicted molar refractivity (Wildman–Crippen MR) is 59.5 cm³/mol. The second-order valence-corrected chi connectivity index (χ2v) is 3.93. The van der Waals surface area contributed by atoms with Crippen LogP contribution >= 0.6 is 31.9 Å². The van der Waals surface area contributed by atoms with E-state index < -0.39 is 0 Å². The second-order valence-electron chi connectivity index (χ2n) is 2.34. The van der Waals surface area contributed by atoms with Gasteiger partial charge in [0.15, 0.2) is 0 Å². The zero-order valence-corrected chi connectivity index (χ0v) is 10.8. The van der Waals surface area contributed by atoms with E-state index in [4.69, 9.17) is 14.2 Å². The maximum atomic E-state index is 5.14. The van der Waals surface area contributed by atoms with Crippen molar-refractivity contribution in [3.8, 4) is 0 Å². The molecule has 0 bridgehead atoms. The summed E-state index contributed by atoms with van der Waals surface area (Å²) in [5.74, 6) is 0. The molecule has 0 rings (SSSR count). The van der Waals surface area contributed by atoms with Gasteiger partial charge in [-0.3, -0.25) is 0 Å². The van der Waals surface area contributed by atoms with Crippen LogP contribution in [-0.4, -0.2) is 37.5 Å². The normalized spacial score (nSPS) is 10.6. The molecule has 0 atom stereocenters. The molecule has 0 N–H and O–H groups in total. The number of alkyl halides is 2. The average Bonchev–Trinajstić information content (AvgIpc) is 2.16. The average molecular weight is 320 g/mol. The highest BCUT2D eigenvalue weighted by Crippen LogP contribution is 1.91. The Kier molecular flexibility index (Phi) is 13.7. The molecule has 0 spiro atoms. The Morgan fingerprint density at radius 3 is 1.54 bits per heavy atom. The highest BCUT2D eigenvalue weighted by atomic mass is 79.9. The standard InChI is InChI=1S/C8H16Br2O3/c9-3-1-5-11-7-13-8-12-6-2-4-10/h1-8H2. The van der Waals surface area contributed by atoms with Crippen LogP contribution in [0, 0.1) is 0 Å². The molecule has 3 nitrogen and oxygen atoms in total. The Bertz CT molecular complexity index is 83.5. The van der Waals surface area contributed by atoms with Crippen LogP contribution in [0.3, 0.4) is 0 Å². The fourth-order valence-electron chi connectivity index (χ4n) is 0.583. The molecule has 0 unspecified atom stereocenters. The summed E-state index contributed by atoms with van der Waals surface area (Å²) >= 11 is 6.62. The zero-order valence-electron chi connectivity index (χ0n) is 7.64. The summed E-state index contributed by atoms with van der Waals surface area (Å²) in [6.07, 6.45) is 2.02. The van der Waals surface area contributed by atoms with Gasteiger partial charge < -0.3 is 14.2 Å². The maximum absolute atomic E-state index is 5.14. The fraction of sp³-hybridized carbons (Fsp3) is 1.00. The van der Waals surface area contributed by atoms with Crippen molar-refractivity contribution in [3.05, 3.63) is 0 Å². The van der Waals surface area contributed by atoms with E-state index in [9.17, 15) is 0 Å². The maximum Gasteiger partial charge on any atom is 0.149 e. The lowest BCUT2D eigenvalue weighted by molar-refractivity contribution is -0.130. The van der Waals surface area contributed by atoms with Crippen LogP contribution in [-0.2, 0) is 14.2 Å². The molecule has 13 heavy (non-hydrogen) atoms. The molecule has 5 heteroatoms. The van der Waals surface area contributed by atoms with Crippen molar-refractivity contribution in [3.63, 3.8) is 0 Å². The lowest BCUT2D eigenvalue weighted by atomic mass is 10.5. The van der Waals surface area contributed by atoms with Crippen LogP contribution in [0.4, 0.5) is 0 Å². The van der Waals surface area contributed by atoms with E-state index in [1.54, 1.807) is 0 Å². The molecular formula is C8H16Br2O3. The molecule has 0 aliphatic heterocycles. The smallest absolute Gasteiger partial charge is 0.149 e. The highest BCUT2D eigenvalue weighted by molar-refractivity contribution is 9.09. The van der Waals surface area contributed by atoms with Gasteiger partial charge in [-0.05, 0) is 12.8 Å². The molecule has 0 saturated carbocycles. The van der Waals surface area contributed by atoms with Gasteiger partial charge in [0, 0.05) is 10.7 Å². The van der Waals surface area contributed by atoms with Gasteiger partial charge in [-0.1, -0.05) is 31.9 Å². The van der Waals surface area contributed by atoms with Crippen molar-refractivity contribution < 1.29 is 14.2 Å². The first-order chi connectivity index (χ1) is 6.41. The van der Waals surface area contributed by atoms with Crippen molar-refractivity contribution in [1.29, 1.82) is 0 Å². The van der Waals surface area contributed by atoms with E-state index in [0.29, 0.717) is 13.6 Å². The first-order valence-electron chi connectivity index (χ1n) is 4.27. The summed E-state index contributed by atoms with van der Waals surface area (Å²) in [6.45, 7) is 2.10. The molecular weight excluding hydrogens is 304 g/mol. The van der Waals surface area contributed by atoms with E-state index in [1.165, 1.54) is 0 Å². The topological polar surface area (TPSA) is 27.7 Å². The van der Waals surface area contributed by atoms with Crippen molar-refractivity contribution in [1.82, 2.24) is 0 Å². The minimum Gasteiger partial charge on any atom is -0.355 e. The van der Waals surface area contributed by atoms with Crippen LogP contribution in [0.5, 0.6) is 0 Å². The van der Waals surface area contributed by atoms with E-state index >= 15 is 0 Å². The summed E-state index contributed by atoms with van der Waals surface area (Å²) in [5.41, 5.74) is 0. The largest absolute Gasteiger partial charge is 0.355 e. The third-order valence-corrected chi connectivity index (χ3v) is 2.30. The zero-order chi connectivity index (χ0) is 9.78. The third kappa shape index (κ3) is 12.8. The highest BCUT2D eigenvalue weighted by Gasteiger charge is 1.89. The number of ether oxygens (including phenoxy) is 3. The van der Waals surface area contributed by atoms with Crippen molar-refractivity contribution in [2.24, 2.45) is 0 Å². The quantitative estimate of drug-likeness (QED) is 0.352. The number of halogens is 2. The lowest BCUT2D eigenvalue weighted by Gasteiger charge is -2.05. The molecule has 0 aromatic heterocycles. The minimum absolute atomic E-state index is 0.321. The Balaban J connectivity index is 2.76. The molecule has 0 aromatic rings. The molecule has 0 saturated heterocycles. The van der Waals surface area contributed by atoms with Gasteiger partial charge >= 0.3 is 0 Å². The number of hydrogen-bond acceptors (Lipinski definition) is 3. The third-order valence-electron chi connectivity index (χ3n) is 1.18. The van der Waals surface area contributed by atoms with Gasteiger partial charge in [-0.25, -0.2) is 0 Å². The minimum atomic E-state index is 0.321. The predicted octanol–water partition coefficient (Wildman–Crippen LogP) is 2.52. The second kappa shape index (κ2) is 12.8. The van der Waals surface area contributed by atoms with Gasteiger partial charge in [0.2, 0.25) is 0 Å². The number of rotatable bonds is 10. The summed E-state index contributed by atoms with van der Waals surface area (Å²) in [7, 11) is 0. The lowest BCUT2D eigenvalue weighted by Crippen LogP contribution is -2.06. The molecule has 0 amide bonds. The Hall–Kier alpha value is 0.840. The van der Waals surface area contributed by atoms with Gasteiger partial charge in [-0.2, -0.15) is 0 Å². The monoisotopic (exact) mass is 318 g/mol.